The Morgan fingerprint density at radius 3 is 2.35 bits per heavy atom. The lowest BCUT2D eigenvalue weighted by atomic mass is 9.71. The number of rotatable bonds is 9. The van der Waals surface area contributed by atoms with E-state index in [1.807, 2.05) is 39.0 Å². The summed E-state index contributed by atoms with van der Waals surface area (Å²) in [5.41, 5.74) is 0.116. The average Bonchev–Trinajstić information content (AvgIpc) is 3.61. The lowest BCUT2D eigenvalue weighted by Gasteiger charge is -2.48. The molecule has 0 aromatic heterocycles. The van der Waals surface area contributed by atoms with Gasteiger partial charge in [-0.25, -0.2) is 0 Å². The largest absolute Gasteiger partial charge is 0.462 e. The zero-order valence-corrected chi connectivity index (χ0v) is 40.2. The van der Waals surface area contributed by atoms with Crippen LogP contribution in [-0.4, -0.2) is 140 Å². The van der Waals surface area contributed by atoms with Crippen molar-refractivity contribution < 1.29 is 67.2 Å². The molecule has 0 aromatic rings. The molecule has 2 bridgehead atoms. The van der Waals surface area contributed by atoms with E-state index >= 15 is 0 Å². The molecule has 1 aliphatic carbocycles. The van der Waals surface area contributed by atoms with Gasteiger partial charge in [-0.2, -0.15) is 0 Å². The molecule has 20 atom stereocenters. The number of esters is 1. The SMILES string of the molecule is CCC(C)C1O[C@]2(C=CC1C)CC1CC(C/C=C(\C)C(O[C@H]3C[C@H](OC)C(O[C@H]4C[C@H](OC)[C@H](NC(C)=O)[C@H](C)O4)[C@H](C)O3)C(C)/C=C/C=C3\COC4[C@H](O)C(C)=C[C@@H](C(=O)O1)C34O)O2. The van der Waals surface area contributed by atoms with Crippen molar-refractivity contribution in [2.45, 2.75) is 198 Å². The zero-order chi connectivity index (χ0) is 47.0. The summed E-state index contributed by atoms with van der Waals surface area (Å²) in [5, 5.41) is 26.7. The standard InChI is InChI=1S/C50H75NO14/c1-12-26(2)45-29(5)18-19-49(65-45)24-36-21-35(64-49)17-16-28(4)44(27(3)14-13-15-34-25-58-47-43(53)30(6)20-37(48(54)61-36)50(34,47)55)62-41-23-39(57-11)46(32(8)60-41)63-40-22-38(56-10)42(31(7)59-40)51-33(9)52/h13-16,18-20,26-27,29,31-32,35-47,53,55H,12,17,21-25H2,1-11H3,(H,51,52)/b14-13+,28-16+,34-15+/t26?,27?,29?,31-,32-,35?,36?,37-,38-,39-,40-,41-,42+,43+,44?,45?,46?,47?,49+,50?/m0/s1. The van der Waals surface area contributed by atoms with Gasteiger partial charge in [0.1, 0.15) is 35.9 Å². The Kier molecular flexibility index (Phi) is 16.0. The molecule has 0 aromatic carbocycles. The number of aliphatic hydroxyl groups is 2. The van der Waals surface area contributed by atoms with E-state index in [0.717, 1.165) is 12.0 Å². The number of aliphatic hydroxyl groups excluding tert-OH is 1. The maximum Gasteiger partial charge on any atom is 0.316 e. The van der Waals surface area contributed by atoms with Gasteiger partial charge in [0.2, 0.25) is 5.91 Å². The van der Waals surface area contributed by atoms with Crippen LogP contribution in [0, 0.1) is 23.7 Å². The predicted octanol–water partition coefficient (Wildman–Crippen LogP) is 5.52. The summed E-state index contributed by atoms with van der Waals surface area (Å²) in [6.07, 6.45) is 9.46. The van der Waals surface area contributed by atoms with Crippen LogP contribution in [0.4, 0.5) is 0 Å². The maximum atomic E-state index is 14.4. The fourth-order valence-electron chi connectivity index (χ4n) is 11.0. The topological polar surface area (TPSA) is 179 Å². The number of ether oxygens (including phenoxy) is 10. The highest BCUT2D eigenvalue weighted by Gasteiger charge is 2.60. The molecule has 1 spiro atoms. The molecule has 10 unspecified atom stereocenters. The quantitative estimate of drug-likeness (QED) is 0.195. The second-order valence-electron chi connectivity index (χ2n) is 19.7. The van der Waals surface area contributed by atoms with Crippen molar-refractivity contribution in [2.75, 3.05) is 20.8 Å². The normalized spacial score (nSPS) is 47.3. The molecule has 0 saturated carbocycles. The average molecular weight is 914 g/mol. The summed E-state index contributed by atoms with van der Waals surface area (Å²) < 4.78 is 64.4. The number of carbonyl (C=O) groups is 2. The number of methoxy groups -OCH3 is 2. The van der Waals surface area contributed by atoms with Crippen LogP contribution in [0.15, 0.2) is 59.3 Å². The summed E-state index contributed by atoms with van der Waals surface area (Å²) >= 11 is 0. The Morgan fingerprint density at radius 2 is 1.65 bits per heavy atom. The van der Waals surface area contributed by atoms with E-state index in [2.05, 4.69) is 45.2 Å². The highest BCUT2D eigenvalue weighted by molar-refractivity contribution is 5.78. The van der Waals surface area contributed by atoms with Crippen LogP contribution in [0.3, 0.4) is 0 Å². The molecule has 65 heavy (non-hydrogen) atoms. The maximum absolute atomic E-state index is 14.4. The summed E-state index contributed by atoms with van der Waals surface area (Å²) in [4.78, 5) is 26.3. The number of fused-ring (bicyclic) bond motifs is 2. The molecular weight excluding hydrogens is 839 g/mol. The van der Waals surface area contributed by atoms with Crippen molar-refractivity contribution in [2.24, 2.45) is 23.7 Å². The molecule has 4 saturated heterocycles. The number of hydrogen-bond donors (Lipinski definition) is 3. The molecular formula is C50H75NO14. The minimum Gasteiger partial charge on any atom is -0.462 e. The second-order valence-corrected chi connectivity index (χ2v) is 19.7. The fraction of sp³-hybridized carbons (Fsp3) is 0.760. The number of carbonyl (C=O) groups excluding carboxylic acids is 2. The molecule has 7 rings (SSSR count). The molecule has 15 heteroatoms. The van der Waals surface area contributed by atoms with E-state index < -0.39 is 84.7 Å². The monoisotopic (exact) mass is 914 g/mol. The number of allylic oxidation sites excluding steroid dienone is 2. The van der Waals surface area contributed by atoms with E-state index in [-0.39, 0.29) is 61.0 Å². The van der Waals surface area contributed by atoms with E-state index in [9.17, 15) is 19.8 Å². The van der Waals surface area contributed by atoms with Crippen LogP contribution in [0.2, 0.25) is 0 Å². The van der Waals surface area contributed by atoms with Crippen LogP contribution >= 0.6 is 0 Å². The summed E-state index contributed by atoms with van der Waals surface area (Å²) in [6, 6.07) is -0.315. The van der Waals surface area contributed by atoms with Crippen molar-refractivity contribution in [1.29, 1.82) is 0 Å². The molecule has 364 valence electrons. The third-order valence-corrected chi connectivity index (χ3v) is 14.9. The Morgan fingerprint density at radius 1 is 0.938 bits per heavy atom. The lowest BCUT2D eigenvalue weighted by molar-refractivity contribution is -0.311. The summed E-state index contributed by atoms with van der Waals surface area (Å²) in [6.45, 7) is 17.7. The van der Waals surface area contributed by atoms with Gasteiger partial charge < -0.3 is 62.9 Å². The van der Waals surface area contributed by atoms with Gasteiger partial charge in [-0.15, -0.1) is 0 Å². The first-order chi connectivity index (χ1) is 30.9. The van der Waals surface area contributed by atoms with Crippen LogP contribution in [0.5, 0.6) is 0 Å². The molecule has 4 fully saturated rings. The first kappa shape index (κ1) is 50.1. The third-order valence-electron chi connectivity index (χ3n) is 14.9. The van der Waals surface area contributed by atoms with Crippen molar-refractivity contribution in [3.8, 4) is 0 Å². The van der Waals surface area contributed by atoms with Gasteiger partial charge in [-0.1, -0.05) is 70.6 Å². The van der Waals surface area contributed by atoms with Gasteiger partial charge in [0.25, 0.3) is 0 Å². The Hall–Kier alpha value is -2.80. The van der Waals surface area contributed by atoms with Crippen molar-refractivity contribution in [3.63, 3.8) is 0 Å². The molecule has 15 nitrogen and oxygen atoms in total. The van der Waals surface area contributed by atoms with E-state index in [1.54, 1.807) is 33.3 Å². The van der Waals surface area contributed by atoms with Crippen LogP contribution in [-0.2, 0) is 57.0 Å². The smallest absolute Gasteiger partial charge is 0.316 e. The van der Waals surface area contributed by atoms with Gasteiger partial charge in [-0.3, -0.25) is 9.59 Å². The van der Waals surface area contributed by atoms with Gasteiger partial charge in [0, 0.05) is 58.7 Å². The Labute approximate surface area is 385 Å². The van der Waals surface area contributed by atoms with E-state index in [0.29, 0.717) is 36.8 Å². The molecule has 6 heterocycles. The lowest BCUT2D eigenvalue weighted by Crippen LogP contribution is -2.58. The number of nitrogens with one attached hydrogen (secondary N) is 1. The highest BCUT2D eigenvalue weighted by atomic mass is 16.7. The van der Waals surface area contributed by atoms with Crippen molar-refractivity contribution in [3.05, 3.63) is 59.3 Å². The van der Waals surface area contributed by atoms with Crippen LogP contribution in [0.1, 0.15) is 101 Å². The van der Waals surface area contributed by atoms with Crippen LogP contribution in [0.25, 0.3) is 0 Å². The Bertz CT molecular complexity index is 1850. The summed E-state index contributed by atoms with van der Waals surface area (Å²) in [7, 11) is 3.27. The van der Waals surface area contributed by atoms with Gasteiger partial charge in [0.15, 0.2) is 18.4 Å². The van der Waals surface area contributed by atoms with E-state index in [1.165, 1.54) is 6.92 Å². The minimum atomic E-state index is -1.84. The molecule has 6 aliphatic heterocycles. The van der Waals surface area contributed by atoms with Crippen molar-refractivity contribution >= 4 is 11.9 Å². The predicted molar refractivity (Wildman–Crippen MR) is 239 cm³/mol. The van der Waals surface area contributed by atoms with Crippen LogP contribution < -0.4 is 5.32 Å². The van der Waals surface area contributed by atoms with Crippen molar-refractivity contribution in [1.82, 2.24) is 5.32 Å². The summed E-state index contributed by atoms with van der Waals surface area (Å²) in [5.74, 6) is -2.75. The molecule has 3 N–H and O–H groups in total. The molecule has 1 amide bonds. The highest BCUT2D eigenvalue weighted by Crippen LogP contribution is 2.47. The Balaban J connectivity index is 1.16. The second kappa shape index (κ2) is 20.8. The fourth-order valence-corrected chi connectivity index (χ4v) is 11.0. The van der Waals surface area contributed by atoms with Gasteiger partial charge in [0.05, 0.1) is 55.4 Å². The van der Waals surface area contributed by atoms with Gasteiger partial charge in [-0.05, 0) is 62.8 Å². The molecule has 0 radical (unpaired) electrons. The zero-order valence-electron chi connectivity index (χ0n) is 40.2. The van der Waals surface area contributed by atoms with E-state index in [4.69, 9.17) is 47.4 Å². The minimum absolute atomic E-state index is 0.0270. The first-order valence-electron chi connectivity index (χ1n) is 23.8. The number of amides is 1. The third kappa shape index (κ3) is 10.6. The molecule has 7 aliphatic rings. The number of hydrogen-bond acceptors (Lipinski definition) is 14. The van der Waals surface area contributed by atoms with Gasteiger partial charge >= 0.3 is 5.97 Å². The first-order valence-corrected chi connectivity index (χ1v) is 23.8.